The van der Waals surface area contributed by atoms with Gasteiger partial charge >= 0.3 is 0 Å². The number of ketones is 1. The number of carbonyl (C=O) groups is 2. The Hall–Kier alpha value is -3.93. The molecule has 0 spiro atoms. The number of rotatable bonds is 4. The molecule has 0 radical (unpaired) electrons. The standard InChI is InChI=1S/C29H28FNO4/c1-17-8-6-7-9-21(17)25-24(27(33)28(34)31(25)20-13-11-19(30)12-14-20)26(32)18-10-15-23(35-5)22(16-18)29(2,3)4/h6-16,25,32H,1-5H3/b26-24+. The van der Waals surface area contributed by atoms with Gasteiger partial charge in [0.15, 0.2) is 0 Å². The van der Waals surface area contributed by atoms with Gasteiger partial charge in [-0.05, 0) is 65.9 Å². The van der Waals surface area contributed by atoms with Gasteiger partial charge in [-0.2, -0.15) is 0 Å². The molecule has 1 amide bonds. The van der Waals surface area contributed by atoms with Crippen molar-refractivity contribution in [1.82, 2.24) is 0 Å². The van der Waals surface area contributed by atoms with Crippen LogP contribution in [0.15, 0.2) is 72.3 Å². The minimum Gasteiger partial charge on any atom is -0.507 e. The number of amides is 1. The van der Waals surface area contributed by atoms with Crippen LogP contribution in [0.5, 0.6) is 5.75 Å². The smallest absolute Gasteiger partial charge is 0.300 e. The topological polar surface area (TPSA) is 66.8 Å². The zero-order valence-corrected chi connectivity index (χ0v) is 20.4. The lowest BCUT2D eigenvalue weighted by Crippen LogP contribution is -2.29. The molecule has 0 aromatic heterocycles. The fraction of sp³-hybridized carbons (Fsp3) is 0.241. The molecule has 0 bridgehead atoms. The van der Waals surface area contributed by atoms with E-state index < -0.39 is 23.5 Å². The molecule has 3 aromatic carbocycles. The third-order valence-electron chi connectivity index (χ3n) is 6.31. The van der Waals surface area contributed by atoms with Crippen LogP contribution in [0.2, 0.25) is 0 Å². The summed E-state index contributed by atoms with van der Waals surface area (Å²) >= 11 is 0. The normalized spacial score (nSPS) is 17.7. The van der Waals surface area contributed by atoms with Crippen LogP contribution >= 0.6 is 0 Å². The summed E-state index contributed by atoms with van der Waals surface area (Å²) in [5.41, 5.74) is 2.86. The number of hydrogen-bond donors (Lipinski definition) is 1. The average Bonchev–Trinajstić information content (AvgIpc) is 3.08. The zero-order chi connectivity index (χ0) is 25.5. The molecule has 0 aliphatic carbocycles. The second kappa shape index (κ2) is 9.02. The van der Waals surface area contributed by atoms with Crippen LogP contribution in [-0.4, -0.2) is 23.9 Å². The van der Waals surface area contributed by atoms with Gasteiger partial charge in [-0.15, -0.1) is 0 Å². The molecule has 1 fully saturated rings. The largest absolute Gasteiger partial charge is 0.507 e. The van der Waals surface area contributed by atoms with Crippen molar-refractivity contribution >= 4 is 23.1 Å². The Morgan fingerprint density at radius 2 is 1.66 bits per heavy atom. The fourth-order valence-corrected chi connectivity index (χ4v) is 4.49. The summed E-state index contributed by atoms with van der Waals surface area (Å²) in [6.45, 7) is 7.95. The SMILES string of the molecule is COc1ccc(/C(O)=C2\C(=O)C(=O)N(c3ccc(F)cc3)C2c2ccccc2C)cc1C(C)(C)C. The molecule has 4 rings (SSSR count). The monoisotopic (exact) mass is 473 g/mol. The Kier molecular flexibility index (Phi) is 6.24. The van der Waals surface area contributed by atoms with Crippen LogP contribution < -0.4 is 9.64 Å². The summed E-state index contributed by atoms with van der Waals surface area (Å²) in [5.74, 6) is -1.64. The van der Waals surface area contributed by atoms with Gasteiger partial charge in [0.1, 0.15) is 17.3 Å². The number of aliphatic hydroxyl groups is 1. The van der Waals surface area contributed by atoms with Crippen molar-refractivity contribution in [2.24, 2.45) is 0 Å². The number of benzene rings is 3. The quantitative estimate of drug-likeness (QED) is 0.284. The first-order chi connectivity index (χ1) is 16.5. The van der Waals surface area contributed by atoms with Gasteiger partial charge in [-0.3, -0.25) is 14.5 Å². The second-order valence-corrected chi connectivity index (χ2v) is 9.67. The number of carbonyl (C=O) groups excluding carboxylic acids is 2. The van der Waals surface area contributed by atoms with Crippen molar-refractivity contribution < 1.29 is 23.8 Å². The molecule has 5 nitrogen and oxygen atoms in total. The number of methoxy groups -OCH3 is 1. The maximum atomic E-state index is 13.6. The average molecular weight is 474 g/mol. The molecule has 1 aliphatic heterocycles. The fourth-order valence-electron chi connectivity index (χ4n) is 4.49. The van der Waals surface area contributed by atoms with Crippen LogP contribution in [0.3, 0.4) is 0 Å². The van der Waals surface area contributed by atoms with E-state index in [9.17, 15) is 19.1 Å². The van der Waals surface area contributed by atoms with Crippen LogP contribution in [0.4, 0.5) is 10.1 Å². The third-order valence-corrected chi connectivity index (χ3v) is 6.31. The molecule has 0 saturated carbocycles. The Morgan fingerprint density at radius 3 is 2.26 bits per heavy atom. The van der Waals surface area contributed by atoms with Gasteiger partial charge in [0.25, 0.3) is 11.7 Å². The van der Waals surface area contributed by atoms with E-state index in [4.69, 9.17) is 4.74 Å². The van der Waals surface area contributed by atoms with Crippen LogP contribution in [0, 0.1) is 12.7 Å². The van der Waals surface area contributed by atoms with Crippen molar-refractivity contribution in [1.29, 1.82) is 0 Å². The van der Waals surface area contributed by atoms with Gasteiger partial charge in [-0.25, -0.2) is 4.39 Å². The van der Waals surface area contributed by atoms with E-state index in [-0.39, 0.29) is 16.7 Å². The summed E-state index contributed by atoms with van der Waals surface area (Å²) in [6, 6.07) is 17.1. The minimum atomic E-state index is -0.873. The molecule has 1 unspecified atom stereocenters. The highest BCUT2D eigenvalue weighted by atomic mass is 19.1. The van der Waals surface area contributed by atoms with Gasteiger partial charge in [0, 0.05) is 16.8 Å². The van der Waals surface area contributed by atoms with Gasteiger partial charge in [0.2, 0.25) is 0 Å². The number of aryl methyl sites for hydroxylation is 1. The molecule has 3 aromatic rings. The highest BCUT2D eigenvalue weighted by molar-refractivity contribution is 6.51. The van der Waals surface area contributed by atoms with Crippen molar-refractivity contribution in [3.8, 4) is 5.75 Å². The van der Waals surface area contributed by atoms with Crippen molar-refractivity contribution in [2.45, 2.75) is 39.2 Å². The Labute approximate surface area is 204 Å². The first-order valence-corrected chi connectivity index (χ1v) is 11.4. The van der Waals surface area contributed by atoms with Crippen LogP contribution in [-0.2, 0) is 15.0 Å². The van der Waals surface area contributed by atoms with Gasteiger partial charge < -0.3 is 9.84 Å². The second-order valence-electron chi connectivity index (χ2n) is 9.67. The summed E-state index contributed by atoms with van der Waals surface area (Å²) in [4.78, 5) is 28.0. The molecule has 180 valence electrons. The Bertz CT molecular complexity index is 1340. The maximum Gasteiger partial charge on any atom is 0.300 e. The number of Topliss-reactive ketones (excluding diaryl/α,β-unsaturated/α-hetero) is 1. The van der Waals surface area contributed by atoms with Crippen molar-refractivity contribution in [3.63, 3.8) is 0 Å². The van der Waals surface area contributed by atoms with E-state index in [2.05, 4.69) is 0 Å². The number of anilines is 1. The third kappa shape index (κ3) is 4.32. The predicted octanol–water partition coefficient (Wildman–Crippen LogP) is 6.07. The zero-order valence-electron chi connectivity index (χ0n) is 20.4. The van der Waals surface area contributed by atoms with Gasteiger partial charge in [0.05, 0.1) is 18.7 Å². The summed E-state index contributed by atoms with van der Waals surface area (Å²) in [5, 5.41) is 11.5. The first kappa shape index (κ1) is 24.2. The molecule has 35 heavy (non-hydrogen) atoms. The lowest BCUT2D eigenvalue weighted by Gasteiger charge is -2.27. The maximum absolute atomic E-state index is 13.6. The van der Waals surface area contributed by atoms with E-state index >= 15 is 0 Å². The van der Waals surface area contributed by atoms with E-state index in [1.807, 2.05) is 52.0 Å². The molecule has 1 atom stereocenters. The number of ether oxygens (including phenoxy) is 1. The van der Waals surface area contributed by atoms with Crippen molar-refractivity contribution in [2.75, 3.05) is 12.0 Å². The Balaban J connectivity index is 1.97. The first-order valence-electron chi connectivity index (χ1n) is 11.4. The van der Waals surface area contributed by atoms with E-state index in [1.165, 1.54) is 29.2 Å². The number of halogens is 1. The highest BCUT2D eigenvalue weighted by Gasteiger charge is 2.47. The van der Waals surface area contributed by atoms with Crippen molar-refractivity contribution in [3.05, 3.63) is 100 Å². The summed E-state index contributed by atoms with van der Waals surface area (Å²) in [6.07, 6.45) is 0. The molecular formula is C29H28FNO4. The highest BCUT2D eigenvalue weighted by Crippen LogP contribution is 2.44. The summed E-state index contributed by atoms with van der Waals surface area (Å²) in [7, 11) is 1.58. The molecule has 6 heteroatoms. The van der Waals surface area contributed by atoms with E-state index in [0.29, 0.717) is 22.6 Å². The number of hydrogen-bond acceptors (Lipinski definition) is 4. The number of aliphatic hydroxyl groups excluding tert-OH is 1. The van der Waals surface area contributed by atoms with Crippen LogP contribution in [0.1, 0.15) is 49.1 Å². The van der Waals surface area contributed by atoms with E-state index in [0.717, 1.165) is 11.1 Å². The lowest BCUT2D eigenvalue weighted by atomic mass is 9.84. The van der Waals surface area contributed by atoms with Crippen LogP contribution in [0.25, 0.3) is 5.76 Å². The minimum absolute atomic E-state index is 0.0151. The number of nitrogens with zero attached hydrogens (tertiary/aromatic N) is 1. The molecule has 1 saturated heterocycles. The summed E-state index contributed by atoms with van der Waals surface area (Å²) < 4.78 is 19.1. The van der Waals surface area contributed by atoms with Gasteiger partial charge in [-0.1, -0.05) is 45.0 Å². The molecule has 1 N–H and O–H groups in total. The predicted molar refractivity (Wildman–Crippen MR) is 134 cm³/mol. The molecular weight excluding hydrogens is 445 g/mol. The molecule has 1 heterocycles. The molecule has 1 aliphatic rings. The Morgan fingerprint density at radius 1 is 1.00 bits per heavy atom. The van der Waals surface area contributed by atoms with E-state index in [1.54, 1.807) is 25.3 Å². The lowest BCUT2D eigenvalue weighted by molar-refractivity contribution is -0.132.